The molecule has 120 valence electrons. The monoisotopic (exact) mass is 316 g/mol. The average Bonchev–Trinajstić information content (AvgIpc) is 3.04. The first-order chi connectivity index (χ1) is 11.7. The van der Waals surface area contributed by atoms with Crippen molar-refractivity contribution in [2.24, 2.45) is 0 Å². The second-order valence-corrected chi connectivity index (χ2v) is 6.13. The molecule has 0 radical (unpaired) electrons. The van der Waals surface area contributed by atoms with Gasteiger partial charge >= 0.3 is 0 Å². The number of nitriles is 1. The second-order valence-electron chi connectivity index (χ2n) is 6.13. The number of nitrogens with zero attached hydrogens (tertiary/aromatic N) is 4. The maximum Gasteiger partial charge on any atom is 0.140 e. The number of hydrogen-bond acceptors (Lipinski definition) is 3. The van der Waals surface area contributed by atoms with Crippen LogP contribution in [0.1, 0.15) is 16.7 Å². The maximum absolute atomic E-state index is 9.07. The molecule has 3 aromatic rings. The van der Waals surface area contributed by atoms with Crippen LogP contribution in [-0.4, -0.2) is 28.5 Å². The molecule has 0 bridgehead atoms. The van der Waals surface area contributed by atoms with Crippen LogP contribution in [0.15, 0.2) is 60.9 Å². The van der Waals surface area contributed by atoms with Gasteiger partial charge in [0, 0.05) is 31.0 Å². The van der Waals surface area contributed by atoms with Crippen molar-refractivity contribution in [3.63, 3.8) is 0 Å². The van der Waals surface area contributed by atoms with E-state index < -0.39 is 0 Å². The molecule has 0 aliphatic carbocycles. The first-order valence-corrected chi connectivity index (χ1v) is 7.90. The first kappa shape index (κ1) is 16.0. The van der Waals surface area contributed by atoms with Gasteiger partial charge in [0.1, 0.15) is 5.82 Å². The lowest BCUT2D eigenvalue weighted by atomic mass is 10.1. The van der Waals surface area contributed by atoms with Gasteiger partial charge in [0.05, 0.1) is 11.6 Å². The molecule has 0 saturated heterocycles. The molecule has 0 atom stereocenters. The van der Waals surface area contributed by atoms with Crippen LogP contribution in [0.25, 0.3) is 11.4 Å². The fourth-order valence-electron chi connectivity index (χ4n) is 2.74. The van der Waals surface area contributed by atoms with Crippen LogP contribution in [0.4, 0.5) is 0 Å². The molecule has 0 fully saturated rings. The summed E-state index contributed by atoms with van der Waals surface area (Å²) in [4.78, 5) is 6.62. The summed E-state index contributed by atoms with van der Waals surface area (Å²) < 4.78 is 2.11. The quantitative estimate of drug-likeness (QED) is 0.723. The minimum absolute atomic E-state index is 0.648. The molecule has 3 rings (SSSR count). The minimum Gasteiger partial charge on any atom is -0.327 e. The third-order valence-electron chi connectivity index (χ3n) is 3.84. The van der Waals surface area contributed by atoms with Crippen LogP contribution in [0.2, 0.25) is 0 Å². The molecule has 4 nitrogen and oxygen atoms in total. The fraction of sp³-hybridized carbons (Fsp3) is 0.200. The summed E-state index contributed by atoms with van der Waals surface area (Å²) in [5.74, 6) is 0.879. The Bertz CT molecular complexity index is 854. The Balaban J connectivity index is 1.82. The molecule has 0 unspecified atom stereocenters. The van der Waals surface area contributed by atoms with Crippen LogP contribution in [-0.2, 0) is 13.1 Å². The highest BCUT2D eigenvalue weighted by Crippen LogP contribution is 2.20. The van der Waals surface area contributed by atoms with Crippen molar-refractivity contribution in [3.05, 3.63) is 77.6 Å². The van der Waals surface area contributed by atoms with Crippen molar-refractivity contribution >= 4 is 0 Å². The van der Waals surface area contributed by atoms with Crippen molar-refractivity contribution in [1.82, 2.24) is 14.5 Å². The number of aromatic nitrogens is 2. The Morgan fingerprint density at radius 2 is 1.83 bits per heavy atom. The highest BCUT2D eigenvalue weighted by atomic mass is 15.1. The van der Waals surface area contributed by atoms with E-state index >= 15 is 0 Å². The first-order valence-electron chi connectivity index (χ1n) is 7.90. The smallest absolute Gasteiger partial charge is 0.140 e. The summed E-state index contributed by atoms with van der Waals surface area (Å²) in [7, 11) is 4.14. The van der Waals surface area contributed by atoms with E-state index in [2.05, 4.69) is 58.9 Å². The summed E-state index contributed by atoms with van der Waals surface area (Å²) in [5, 5.41) is 9.07. The van der Waals surface area contributed by atoms with E-state index in [0.717, 1.165) is 24.5 Å². The molecule has 0 N–H and O–H groups in total. The summed E-state index contributed by atoms with van der Waals surface area (Å²) in [6.07, 6.45) is 3.77. The number of imidazole rings is 1. The Morgan fingerprint density at radius 3 is 2.54 bits per heavy atom. The van der Waals surface area contributed by atoms with Gasteiger partial charge in [-0.05, 0) is 37.4 Å². The predicted octanol–water partition coefficient (Wildman–Crippen LogP) is 3.53. The topological polar surface area (TPSA) is 44.9 Å². The third-order valence-corrected chi connectivity index (χ3v) is 3.84. The van der Waals surface area contributed by atoms with Gasteiger partial charge in [0.2, 0.25) is 0 Å². The van der Waals surface area contributed by atoms with Gasteiger partial charge in [-0.3, -0.25) is 0 Å². The third kappa shape index (κ3) is 3.70. The Kier molecular flexibility index (Phi) is 4.74. The van der Waals surface area contributed by atoms with Gasteiger partial charge < -0.3 is 9.47 Å². The molecule has 0 aliphatic rings. The average molecular weight is 316 g/mol. The Morgan fingerprint density at radius 1 is 1.08 bits per heavy atom. The zero-order chi connectivity index (χ0) is 16.9. The molecule has 0 amide bonds. The predicted molar refractivity (Wildman–Crippen MR) is 95.3 cm³/mol. The van der Waals surface area contributed by atoms with Crippen LogP contribution < -0.4 is 0 Å². The van der Waals surface area contributed by atoms with E-state index in [4.69, 9.17) is 5.26 Å². The molecular formula is C20H20N4. The molecule has 24 heavy (non-hydrogen) atoms. The van der Waals surface area contributed by atoms with Crippen molar-refractivity contribution in [1.29, 1.82) is 5.26 Å². The molecule has 2 aromatic carbocycles. The lowest BCUT2D eigenvalue weighted by Gasteiger charge is -2.11. The van der Waals surface area contributed by atoms with Crippen LogP contribution in [0.5, 0.6) is 0 Å². The van der Waals surface area contributed by atoms with E-state index in [1.807, 2.05) is 24.4 Å². The lowest BCUT2D eigenvalue weighted by molar-refractivity contribution is 0.402. The van der Waals surface area contributed by atoms with Gasteiger partial charge in [-0.25, -0.2) is 4.98 Å². The molecule has 0 saturated carbocycles. The van der Waals surface area contributed by atoms with Crippen molar-refractivity contribution in [3.8, 4) is 17.5 Å². The zero-order valence-corrected chi connectivity index (χ0v) is 14.0. The fourth-order valence-corrected chi connectivity index (χ4v) is 2.74. The number of benzene rings is 2. The van der Waals surface area contributed by atoms with E-state index in [-0.39, 0.29) is 0 Å². The summed E-state index contributed by atoms with van der Waals surface area (Å²) >= 11 is 0. The van der Waals surface area contributed by atoms with Crippen LogP contribution in [0, 0.1) is 11.3 Å². The zero-order valence-electron chi connectivity index (χ0n) is 14.0. The number of rotatable bonds is 5. The summed E-state index contributed by atoms with van der Waals surface area (Å²) in [5.41, 5.74) is 4.14. The Labute approximate surface area is 142 Å². The van der Waals surface area contributed by atoms with Gasteiger partial charge in [0.25, 0.3) is 0 Å². The Hall–Kier alpha value is -2.90. The highest BCUT2D eigenvalue weighted by molar-refractivity contribution is 5.58. The van der Waals surface area contributed by atoms with Crippen molar-refractivity contribution < 1.29 is 0 Å². The van der Waals surface area contributed by atoms with Crippen molar-refractivity contribution in [2.45, 2.75) is 13.1 Å². The largest absolute Gasteiger partial charge is 0.327 e. The minimum atomic E-state index is 0.648. The number of hydrogen-bond donors (Lipinski definition) is 0. The molecular weight excluding hydrogens is 296 g/mol. The molecule has 0 aliphatic heterocycles. The van der Waals surface area contributed by atoms with E-state index in [0.29, 0.717) is 5.56 Å². The molecule has 1 heterocycles. The van der Waals surface area contributed by atoms with Crippen LogP contribution >= 0.6 is 0 Å². The highest BCUT2D eigenvalue weighted by Gasteiger charge is 2.07. The maximum atomic E-state index is 9.07. The van der Waals surface area contributed by atoms with Gasteiger partial charge in [-0.15, -0.1) is 0 Å². The van der Waals surface area contributed by atoms with Gasteiger partial charge in [0.15, 0.2) is 0 Å². The molecule has 4 heteroatoms. The van der Waals surface area contributed by atoms with Gasteiger partial charge in [-0.2, -0.15) is 5.26 Å². The van der Waals surface area contributed by atoms with Crippen molar-refractivity contribution in [2.75, 3.05) is 14.1 Å². The van der Waals surface area contributed by atoms with E-state index in [9.17, 15) is 0 Å². The standard InChI is InChI=1S/C20H20N4/c1-23(2)14-16-6-8-17(9-7-16)15-24-11-10-22-20(24)19-5-3-4-18(12-19)13-21/h3-12H,14-15H2,1-2H3. The van der Waals surface area contributed by atoms with Gasteiger partial charge in [-0.1, -0.05) is 36.4 Å². The second kappa shape index (κ2) is 7.12. The summed E-state index contributed by atoms with van der Waals surface area (Å²) in [6, 6.07) is 18.4. The SMILES string of the molecule is CN(C)Cc1ccc(Cn2ccnc2-c2cccc(C#N)c2)cc1. The molecule has 1 aromatic heterocycles. The summed E-state index contributed by atoms with van der Waals surface area (Å²) in [6.45, 7) is 1.70. The lowest BCUT2D eigenvalue weighted by Crippen LogP contribution is -2.10. The molecule has 0 spiro atoms. The van der Waals surface area contributed by atoms with E-state index in [1.54, 1.807) is 12.3 Å². The van der Waals surface area contributed by atoms with Crippen LogP contribution in [0.3, 0.4) is 0 Å². The normalized spacial score (nSPS) is 10.8. The van der Waals surface area contributed by atoms with E-state index in [1.165, 1.54) is 11.1 Å².